The molecule has 0 saturated heterocycles. The molecular formula is C24H21BrN2O5. The molecule has 0 saturated carbocycles. The number of aromatic nitrogens is 2. The average Bonchev–Trinajstić information content (AvgIpc) is 3.54. The number of hydrogen-bond acceptors (Lipinski definition) is 6. The van der Waals surface area contributed by atoms with Crippen LogP contribution in [0.15, 0.2) is 75.9 Å². The van der Waals surface area contributed by atoms with Crippen LogP contribution in [0, 0.1) is 0 Å². The van der Waals surface area contributed by atoms with Crippen LogP contribution in [-0.4, -0.2) is 37.4 Å². The van der Waals surface area contributed by atoms with Gasteiger partial charge in [0.1, 0.15) is 27.5 Å². The van der Waals surface area contributed by atoms with Crippen molar-refractivity contribution in [3.63, 3.8) is 0 Å². The smallest absolute Gasteiger partial charge is 0.205 e. The second kappa shape index (κ2) is 9.02. The molecule has 4 rings (SSSR count). The molecule has 2 aromatic heterocycles. The minimum Gasteiger partial charge on any atom is -0.495 e. The summed E-state index contributed by atoms with van der Waals surface area (Å²) in [6.07, 6.45) is 4.29. The molecule has 2 aromatic carbocycles. The van der Waals surface area contributed by atoms with Crippen LogP contribution in [0.25, 0.3) is 17.0 Å². The Labute approximate surface area is 193 Å². The van der Waals surface area contributed by atoms with Crippen molar-refractivity contribution in [2.75, 3.05) is 21.3 Å². The third-order valence-electron chi connectivity index (χ3n) is 5.26. The van der Waals surface area contributed by atoms with Crippen molar-refractivity contribution in [2.24, 2.45) is 0 Å². The molecule has 1 atom stereocenters. The highest BCUT2D eigenvalue weighted by Crippen LogP contribution is 2.41. The maximum absolute atomic E-state index is 12.3. The number of ether oxygens (including phenoxy) is 3. The molecule has 0 N–H and O–H groups in total. The van der Waals surface area contributed by atoms with Crippen LogP contribution in [0.3, 0.4) is 0 Å². The first-order valence-electron chi connectivity index (χ1n) is 9.70. The summed E-state index contributed by atoms with van der Waals surface area (Å²) in [5.74, 6) is 2.10. The Morgan fingerprint density at radius 1 is 1.03 bits per heavy atom. The van der Waals surface area contributed by atoms with E-state index in [1.54, 1.807) is 37.2 Å². The number of carbonyl (C=O) groups is 1. The summed E-state index contributed by atoms with van der Waals surface area (Å²) in [7, 11) is 4.63. The average molecular weight is 497 g/mol. The van der Waals surface area contributed by atoms with E-state index in [4.69, 9.17) is 18.6 Å². The highest BCUT2D eigenvalue weighted by molar-refractivity contribution is 9.10. The first kappa shape index (κ1) is 21.9. The Bertz CT molecular complexity index is 1190. The van der Waals surface area contributed by atoms with E-state index in [2.05, 4.69) is 21.0 Å². The van der Waals surface area contributed by atoms with Crippen LogP contribution in [0.5, 0.6) is 11.5 Å². The summed E-state index contributed by atoms with van der Waals surface area (Å²) >= 11 is 3.47. The van der Waals surface area contributed by atoms with Crippen LogP contribution in [0.4, 0.5) is 0 Å². The molecule has 0 amide bonds. The van der Waals surface area contributed by atoms with Crippen LogP contribution in [0.2, 0.25) is 0 Å². The molecule has 164 valence electrons. The lowest BCUT2D eigenvalue weighted by Crippen LogP contribution is -2.31. The lowest BCUT2D eigenvalue weighted by atomic mass is 9.92. The highest BCUT2D eigenvalue weighted by Gasteiger charge is 2.38. The minimum atomic E-state index is -1.40. The monoisotopic (exact) mass is 496 g/mol. The van der Waals surface area contributed by atoms with Crippen molar-refractivity contribution in [2.45, 2.75) is 5.60 Å². The van der Waals surface area contributed by atoms with E-state index in [9.17, 15) is 4.79 Å². The predicted octanol–water partition coefficient (Wildman–Crippen LogP) is 5.00. The summed E-state index contributed by atoms with van der Waals surface area (Å²) in [5.41, 5.74) is 0.837. The molecule has 0 bridgehead atoms. The first-order chi connectivity index (χ1) is 15.6. The number of aldehydes is 1. The van der Waals surface area contributed by atoms with Gasteiger partial charge in [0, 0.05) is 25.1 Å². The van der Waals surface area contributed by atoms with E-state index < -0.39 is 5.60 Å². The molecule has 32 heavy (non-hydrogen) atoms. The van der Waals surface area contributed by atoms with Crippen molar-refractivity contribution in [1.29, 1.82) is 0 Å². The lowest BCUT2D eigenvalue weighted by Gasteiger charge is -2.25. The summed E-state index contributed by atoms with van der Waals surface area (Å²) in [6, 6.07) is 16.4. The standard InChI is InChI=1S/C24H21BrN2O5/c1-29-20-13-16(14-21(30-2)23(20)25)19-9-10-22(32-19)24(15-28,31-3)17-5-7-18(8-6-17)27-12-4-11-26-27/h4-15H,1-3H3. The molecule has 8 heteroatoms. The normalized spacial score (nSPS) is 12.9. The molecule has 0 aliphatic heterocycles. The van der Waals surface area contributed by atoms with Crippen LogP contribution >= 0.6 is 15.9 Å². The molecule has 0 spiro atoms. The van der Waals surface area contributed by atoms with Gasteiger partial charge in [-0.2, -0.15) is 5.10 Å². The van der Waals surface area contributed by atoms with Crippen molar-refractivity contribution in [1.82, 2.24) is 9.78 Å². The zero-order valence-electron chi connectivity index (χ0n) is 17.7. The van der Waals surface area contributed by atoms with Crippen molar-refractivity contribution >= 4 is 22.2 Å². The molecule has 7 nitrogen and oxygen atoms in total. The summed E-state index contributed by atoms with van der Waals surface area (Å²) in [6.45, 7) is 0. The highest BCUT2D eigenvalue weighted by atomic mass is 79.9. The number of hydrogen-bond donors (Lipinski definition) is 0. The molecular weight excluding hydrogens is 476 g/mol. The third-order valence-corrected chi connectivity index (χ3v) is 6.04. The van der Waals surface area contributed by atoms with Gasteiger partial charge in [-0.05, 0) is 64.0 Å². The van der Waals surface area contributed by atoms with Crippen LogP contribution < -0.4 is 9.47 Å². The van der Waals surface area contributed by atoms with Gasteiger partial charge in [-0.25, -0.2) is 4.68 Å². The SMILES string of the molecule is COc1cc(-c2ccc(C(C=O)(OC)c3ccc(-n4cccn4)cc3)o2)cc(OC)c1Br. The van der Waals surface area contributed by atoms with E-state index >= 15 is 0 Å². The molecule has 0 aliphatic carbocycles. The Hall–Kier alpha value is -3.36. The number of carbonyl (C=O) groups excluding carboxylic acids is 1. The first-order valence-corrected chi connectivity index (χ1v) is 10.5. The lowest BCUT2D eigenvalue weighted by molar-refractivity contribution is -0.125. The van der Waals surface area contributed by atoms with Crippen LogP contribution in [0.1, 0.15) is 11.3 Å². The molecule has 1 unspecified atom stereocenters. The fourth-order valence-corrected chi connectivity index (χ4v) is 4.08. The zero-order chi connectivity index (χ0) is 22.7. The fourth-order valence-electron chi connectivity index (χ4n) is 3.52. The van der Waals surface area contributed by atoms with Gasteiger partial charge in [0.15, 0.2) is 6.29 Å². The quantitative estimate of drug-likeness (QED) is 0.319. The van der Waals surface area contributed by atoms with Gasteiger partial charge in [-0.1, -0.05) is 12.1 Å². The molecule has 0 fully saturated rings. The maximum Gasteiger partial charge on any atom is 0.205 e. The van der Waals surface area contributed by atoms with E-state index in [1.807, 2.05) is 48.7 Å². The van der Waals surface area contributed by atoms with E-state index in [1.165, 1.54) is 7.11 Å². The third kappa shape index (κ3) is 3.72. The van der Waals surface area contributed by atoms with Gasteiger partial charge < -0.3 is 18.6 Å². The van der Waals surface area contributed by atoms with Crippen molar-refractivity contribution < 1.29 is 23.4 Å². The molecule has 0 radical (unpaired) electrons. The van der Waals surface area contributed by atoms with Gasteiger partial charge in [0.05, 0.1) is 19.9 Å². The molecule has 0 aliphatic rings. The van der Waals surface area contributed by atoms with E-state index in [-0.39, 0.29) is 0 Å². The number of rotatable bonds is 8. The number of furan rings is 1. The van der Waals surface area contributed by atoms with Crippen LogP contribution in [-0.2, 0) is 15.1 Å². The van der Waals surface area contributed by atoms with E-state index in [0.717, 1.165) is 17.5 Å². The molecule has 4 aromatic rings. The summed E-state index contributed by atoms with van der Waals surface area (Å²) < 4.78 is 25.1. The Morgan fingerprint density at radius 3 is 2.25 bits per heavy atom. The maximum atomic E-state index is 12.3. The van der Waals surface area contributed by atoms with Gasteiger partial charge >= 0.3 is 0 Å². The molecule has 2 heterocycles. The predicted molar refractivity (Wildman–Crippen MR) is 122 cm³/mol. The number of halogens is 1. The number of benzene rings is 2. The second-order valence-corrected chi connectivity index (χ2v) is 7.71. The fraction of sp³-hybridized carbons (Fsp3) is 0.167. The van der Waals surface area contributed by atoms with Crippen molar-refractivity contribution in [3.8, 4) is 28.5 Å². The summed E-state index contributed by atoms with van der Waals surface area (Å²) in [5, 5.41) is 4.22. The van der Waals surface area contributed by atoms with E-state index in [0.29, 0.717) is 33.1 Å². The number of nitrogens with zero attached hydrogens (tertiary/aromatic N) is 2. The van der Waals surface area contributed by atoms with Gasteiger partial charge in [0.25, 0.3) is 0 Å². The minimum absolute atomic E-state index is 0.359. The Kier molecular flexibility index (Phi) is 6.16. The second-order valence-electron chi connectivity index (χ2n) is 6.91. The largest absolute Gasteiger partial charge is 0.495 e. The van der Waals surface area contributed by atoms with Gasteiger partial charge in [-0.15, -0.1) is 0 Å². The number of methoxy groups -OCH3 is 3. The van der Waals surface area contributed by atoms with Crippen molar-refractivity contribution in [3.05, 3.63) is 82.8 Å². The summed E-state index contributed by atoms with van der Waals surface area (Å²) in [4.78, 5) is 12.3. The van der Waals surface area contributed by atoms with Gasteiger partial charge in [-0.3, -0.25) is 4.79 Å². The Balaban J connectivity index is 1.74. The van der Waals surface area contributed by atoms with Gasteiger partial charge in [0.2, 0.25) is 5.60 Å². The zero-order valence-corrected chi connectivity index (χ0v) is 19.3. The Morgan fingerprint density at radius 2 is 1.72 bits per heavy atom. The topological polar surface area (TPSA) is 75.7 Å².